The summed E-state index contributed by atoms with van der Waals surface area (Å²) in [6.45, 7) is 4.68. The summed E-state index contributed by atoms with van der Waals surface area (Å²) in [5.74, 6) is 2.25. The van der Waals surface area contributed by atoms with Crippen molar-refractivity contribution in [3.63, 3.8) is 0 Å². The van der Waals surface area contributed by atoms with Gasteiger partial charge in [0.25, 0.3) is 0 Å². The molecule has 2 heterocycles. The van der Waals surface area contributed by atoms with Crippen LogP contribution in [0.5, 0.6) is 0 Å². The third kappa shape index (κ3) is 9.05. The predicted octanol–water partition coefficient (Wildman–Crippen LogP) is 4.04. The Bertz CT molecular complexity index is 582. The van der Waals surface area contributed by atoms with Gasteiger partial charge in [0.15, 0.2) is 5.96 Å². The highest BCUT2D eigenvalue weighted by atomic mass is 127. The Hall–Kier alpha value is -1.06. The van der Waals surface area contributed by atoms with Gasteiger partial charge in [-0.3, -0.25) is 0 Å². The molecule has 3 N–H and O–H groups in total. The third-order valence-corrected chi connectivity index (χ3v) is 4.87. The number of thiophene rings is 1. The van der Waals surface area contributed by atoms with Gasteiger partial charge < -0.3 is 20.2 Å². The first-order valence-corrected chi connectivity index (χ1v) is 9.87. The van der Waals surface area contributed by atoms with Crippen molar-refractivity contribution >= 4 is 41.3 Å². The molecule has 5 nitrogen and oxygen atoms in total. The molecule has 1 unspecified atom stereocenters. The zero-order valence-electron chi connectivity index (χ0n) is 15.3. The highest BCUT2D eigenvalue weighted by Crippen LogP contribution is 2.11. The van der Waals surface area contributed by atoms with E-state index in [1.54, 1.807) is 17.6 Å². The summed E-state index contributed by atoms with van der Waals surface area (Å²) in [7, 11) is 0. The minimum atomic E-state index is 0. The van der Waals surface area contributed by atoms with Crippen molar-refractivity contribution in [2.45, 2.75) is 39.2 Å². The molecule has 0 amide bonds. The second-order valence-electron chi connectivity index (χ2n) is 6.05. The summed E-state index contributed by atoms with van der Waals surface area (Å²) < 4.78 is 5.37. The van der Waals surface area contributed by atoms with Gasteiger partial charge in [-0.2, -0.15) is 0 Å². The first-order valence-electron chi connectivity index (χ1n) is 8.99. The number of aliphatic hydroxyl groups excluding tert-OH is 1. The van der Waals surface area contributed by atoms with Crippen molar-refractivity contribution in [1.82, 2.24) is 10.6 Å². The summed E-state index contributed by atoms with van der Waals surface area (Å²) in [5, 5.41) is 18.1. The minimum absolute atomic E-state index is 0. The van der Waals surface area contributed by atoms with E-state index in [4.69, 9.17) is 4.42 Å². The van der Waals surface area contributed by atoms with Gasteiger partial charge in [0.2, 0.25) is 0 Å². The molecule has 1 atom stereocenters. The van der Waals surface area contributed by atoms with Gasteiger partial charge in [0.1, 0.15) is 5.76 Å². The molecule has 0 saturated carbocycles. The molecule has 0 aromatic carbocycles. The fraction of sp³-hybridized carbons (Fsp3) is 0.526. The van der Waals surface area contributed by atoms with Crippen LogP contribution in [0.15, 0.2) is 45.3 Å². The van der Waals surface area contributed by atoms with Gasteiger partial charge in [0, 0.05) is 31.0 Å². The molecule has 2 aromatic rings. The summed E-state index contributed by atoms with van der Waals surface area (Å²) in [6.07, 6.45) is 5.58. The van der Waals surface area contributed by atoms with E-state index in [0.717, 1.165) is 50.5 Å². The van der Waals surface area contributed by atoms with E-state index in [1.165, 1.54) is 4.88 Å². The molecule has 0 bridgehead atoms. The number of aliphatic hydroxyl groups is 1. The third-order valence-electron chi connectivity index (χ3n) is 4.01. The number of hydrogen-bond acceptors (Lipinski definition) is 4. The Balaban J connectivity index is 0.00000338. The summed E-state index contributed by atoms with van der Waals surface area (Å²) in [5.41, 5.74) is 0. The Kier molecular flexibility index (Phi) is 12.4. The smallest absolute Gasteiger partial charge is 0.191 e. The molecule has 0 saturated heterocycles. The van der Waals surface area contributed by atoms with Gasteiger partial charge in [-0.1, -0.05) is 19.4 Å². The van der Waals surface area contributed by atoms with E-state index in [0.29, 0.717) is 12.5 Å². The number of nitrogens with zero attached hydrogens (tertiary/aromatic N) is 1. The molecule has 146 valence electrons. The van der Waals surface area contributed by atoms with Crippen molar-refractivity contribution in [1.29, 1.82) is 0 Å². The number of rotatable bonds is 11. The summed E-state index contributed by atoms with van der Waals surface area (Å²) in [4.78, 5) is 5.93. The van der Waals surface area contributed by atoms with Crippen LogP contribution in [0.3, 0.4) is 0 Å². The lowest BCUT2D eigenvalue weighted by Crippen LogP contribution is -2.41. The van der Waals surface area contributed by atoms with Gasteiger partial charge in [-0.15, -0.1) is 35.3 Å². The molecule has 0 radical (unpaired) electrons. The average molecular weight is 491 g/mol. The Morgan fingerprint density at radius 1 is 1.27 bits per heavy atom. The van der Waals surface area contributed by atoms with E-state index in [9.17, 15) is 5.11 Å². The van der Waals surface area contributed by atoms with Crippen molar-refractivity contribution < 1.29 is 9.52 Å². The second kappa shape index (κ2) is 14.1. The Morgan fingerprint density at radius 2 is 2.15 bits per heavy atom. The molecule has 2 aromatic heterocycles. The monoisotopic (exact) mass is 491 g/mol. The van der Waals surface area contributed by atoms with Crippen LogP contribution in [0.1, 0.15) is 36.8 Å². The van der Waals surface area contributed by atoms with E-state index < -0.39 is 0 Å². The van der Waals surface area contributed by atoms with Crippen LogP contribution < -0.4 is 10.6 Å². The van der Waals surface area contributed by atoms with Crippen LogP contribution in [-0.4, -0.2) is 30.8 Å². The Morgan fingerprint density at radius 3 is 2.81 bits per heavy atom. The fourth-order valence-electron chi connectivity index (χ4n) is 2.67. The highest BCUT2D eigenvalue weighted by molar-refractivity contribution is 14.0. The maximum atomic E-state index is 9.22. The predicted molar refractivity (Wildman–Crippen MR) is 119 cm³/mol. The summed E-state index contributed by atoms with van der Waals surface area (Å²) in [6, 6.07) is 8.03. The molecule has 0 aliphatic carbocycles. The summed E-state index contributed by atoms with van der Waals surface area (Å²) >= 11 is 1.72. The average Bonchev–Trinajstić information content (AvgIpc) is 3.30. The number of halogens is 1. The molecule has 0 spiro atoms. The normalized spacial score (nSPS) is 12.5. The number of guanidine groups is 1. The lowest BCUT2D eigenvalue weighted by Gasteiger charge is -2.18. The standard InChI is InChI=1S/C19H29N3O2S.HI/c1-2-5-16(9-11-23)14-21-19(22-15-18-7-4-13-25-18)20-10-8-17-6-3-12-24-17;/h3-4,6-7,12-13,16,23H,2,5,8-11,14-15H2,1H3,(H2,20,21,22);1H. The first kappa shape index (κ1) is 23.0. The molecule has 2 rings (SSSR count). The first-order chi connectivity index (χ1) is 12.3. The highest BCUT2D eigenvalue weighted by Gasteiger charge is 2.09. The van der Waals surface area contributed by atoms with Crippen molar-refractivity contribution in [2.75, 3.05) is 19.7 Å². The molecule has 7 heteroatoms. The number of aliphatic imine (C=N–C) groups is 1. The molecule has 0 aliphatic rings. The van der Waals surface area contributed by atoms with Gasteiger partial charge in [0.05, 0.1) is 12.8 Å². The van der Waals surface area contributed by atoms with E-state index >= 15 is 0 Å². The van der Waals surface area contributed by atoms with Crippen molar-refractivity contribution in [3.8, 4) is 0 Å². The number of furan rings is 1. The Labute approximate surface area is 177 Å². The van der Waals surface area contributed by atoms with E-state index in [2.05, 4.69) is 34.0 Å². The maximum Gasteiger partial charge on any atom is 0.191 e. The van der Waals surface area contributed by atoms with Gasteiger partial charge in [-0.05, 0) is 42.3 Å². The van der Waals surface area contributed by atoms with E-state index in [1.807, 2.05) is 18.2 Å². The van der Waals surface area contributed by atoms with Crippen LogP contribution in [0.25, 0.3) is 0 Å². The van der Waals surface area contributed by atoms with Gasteiger partial charge >= 0.3 is 0 Å². The minimum Gasteiger partial charge on any atom is -0.469 e. The lowest BCUT2D eigenvalue weighted by molar-refractivity contribution is 0.251. The van der Waals surface area contributed by atoms with Crippen LogP contribution in [0.4, 0.5) is 0 Å². The van der Waals surface area contributed by atoms with Crippen LogP contribution in [0, 0.1) is 5.92 Å². The zero-order chi connectivity index (χ0) is 17.7. The fourth-order valence-corrected chi connectivity index (χ4v) is 3.30. The molecule has 0 aliphatic heterocycles. The largest absolute Gasteiger partial charge is 0.469 e. The van der Waals surface area contributed by atoms with Gasteiger partial charge in [-0.25, -0.2) is 4.99 Å². The maximum absolute atomic E-state index is 9.22. The zero-order valence-corrected chi connectivity index (χ0v) is 18.5. The molecule has 26 heavy (non-hydrogen) atoms. The van der Waals surface area contributed by atoms with Crippen LogP contribution in [0.2, 0.25) is 0 Å². The number of hydrogen-bond donors (Lipinski definition) is 3. The molecule has 0 fully saturated rings. The lowest BCUT2D eigenvalue weighted by atomic mass is 10.0. The SMILES string of the molecule is CCCC(CCO)CNC(=NCc1cccs1)NCCc1ccco1.I. The molecular formula is C19H30IN3O2S. The van der Waals surface area contributed by atoms with Crippen molar-refractivity contribution in [3.05, 3.63) is 46.5 Å². The van der Waals surface area contributed by atoms with Crippen LogP contribution in [-0.2, 0) is 13.0 Å². The van der Waals surface area contributed by atoms with E-state index in [-0.39, 0.29) is 30.6 Å². The topological polar surface area (TPSA) is 69.8 Å². The van der Waals surface area contributed by atoms with Crippen molar-refractivity contribution in [2.24, 2.45) is 10.9 Å². The number of nitrogens with one attached hydrogen (secondary N) is 2. The second-order valence-corrected chi connectivity index (χ2v) is 7.08. The quantitative estimate of drug-likeness (QED) is 0.252. The van der Waals surface area contributed by atoms with Crippen LogP contribution >= 0.6 is 35.3 Å². The molecular weight excluding hydrogens is 461 g/mol.